The number of aromatic hydroxyl groups is 1. The van der Waals surface area contributed by atoms with Crippen LogP contribution < -0.4 is 0 Å². The minimum absolute atomic E-state index is 0.0166. The van der Waals surface area contributed by atoms with Crippen LogP contribution in [0.5, 0.6) is 5.75 Å². The summed E-state index contributed by atoms with van der Waals surface area (Å²) in [6, 6.07) is 4.06. The minimum Gasteiger partial charge on any atom is -0.507 e. The number of phenols is 1. The molecule has 0 aliphatic rings. The van der Waals surface area contributed by atoms with Crippen molar-refractivity contribution in [1.29, 1.82) is 0 Å². The summed E-state index contributed by atoms with van der Waals surface area (Å²) in [6.07, 6.45) is 2.17. The SMILES string of the molecule is COC(=O)CCCC(C)(C)c1cc(C)c(O)c(C)c1. The molecule has 3 heteroatoms. The highest BCUT2D eigenvalue weighted by Crippen LogP contribution is 2.33. The second kappa shape index (κ2) is 6.09. The Labute approximate surface area is 115 Å². The predicted octanol–water partition coefficient (Wildman–Crippen LogP) is 3.63. The Bertz CT molecular complexity index is 438. The number of aryl methyl sites for hydroxylation is 2. The Kier molecular flexibility index (Phi) is 4.98. The summed E-state index contributed by atoms with van der Waals surface area (Å²) in [4.78, 5) is 11.1. The van der Waals surface area contributed by atoms with E-state index in [1.165, 1.54) is 12.7 Å². The van der Waals surface area contributed by atoms with Crippen molar-refractivity contribution in [3.8, 4) is 5.75 Å². The second-order valence-electron chi connectivity index (χ2n) is 5.77. The fourth-order valence-corrected chi connectivity index (χ4v) is 2.27. The lowest BCUT2D eigenvalue weighted by Crippen LogP contribution is -2.18. The molecule has 106 valence electrons. The number of carbonyl (C=O) groups is 1. The lowest BCUT2D eigenvalue weighted by molar-refractivity contribution is -0.140. The van der Waals surface area contributed by atoms with Gasteiger partial charge in [-0.05, 0) is 48.8 Å². The predicted molar refractivity (Wildman–Crippen MR) is 76.5 cm³/mol. The van der Waals surface area contributed by atoms with E-state index in [1.54, 1.807) is 0 Å². The number of hydrogen-bond donors (Lipinski definition) is 1. The molecule has 19 heavy (non-hydrogen) atoms. The van der Waals surface area contributed by atoms with E-state index in [-0.39, 0.29) is 11.4 Å². The smallest absolute Gasteiger partial charge is 0.305 e. The molecule has 0 fully saturated rings. The van der Waals surface area contributed by atoms with Crippen molar-refractivity contribution in [3.63, 3.8) is 0 Å². The zero-order valence-electron chi connectivity index (χ0n) is 12.5. The van der Waals surface area contributed by atoms with Gasteiger partial charge in [0, 0.05) is 6.42 Å². The van der Waals surface area contributed by atoms with Gasteiger partial charge in [0.1, 0.15) is 5.75 Å². The number of hydrogen-bond acceptors (Lipinski definition) is 3. The van der Waals surface area contributed by atoms with Crippen LogP contribution in [0.25, 0.3) is 0 Å². The van der Waals surface area contributed by atoms with Crippen LogP contribution in [0.15, 0.2) is 12.1 Å². The van der Waals surface area contributed by atoms with Gasteiger partial charge in [-0.3, -0.25) is 4.79 Å². The van der Waals surface area contributed by atoms with Crippen LogP contribution in [0.1, 0.15) is 49.8 Å². The van der Waals surface area contributed by atoms with Crippen molar-refractivity contribution >= 4 is 5.97 Å². The number of phenolic OH excluding ortho intramolecular Hbond substituents is 1. The normalized spacial score (nSPS) is 11.4. The number of carbonyl (C=O) groups excluding carboxylic acids is 1. The average molecular weight is 264 g/mol. The molecule has 0 radical (unpaired) electrons. The van der Waals surface area contributed by atoms with E-state index < -0.39 is 0 Å². The second-order valence-corrected chi connectivity index (χ2v) is 5.77. The van der Waals surface area contributed by atoms with Crippen LogP contribution in [0.3, 0.4) is 0 Å². The van der Waals surface area contributed by atoms with Gasteiger partial charge in [0.15, 0.2) is 0 Å². The first kappa shape index (κ1) is 15.5. The Balaban J connectivity index is 2.79. The zero-order chi connectivity index (χ0) is 14.6. The summed E-state index contributed by atoms with van der Waals surface area (Å²) >= 11 is 0. The highest BCUT2D eigenvalue weighted by molar-refractivity contribution is 5.69. The molecular formula is C16H24O3. The van der Waals surface area contributed by atoms with Gasteiger partial charge < -0.3 is 9.84 Å². The van der Waals surface area contributed by atoms with Crippen molar-refractivity contribution in [3.05, 3.63) is 28.8 Å². The maximum absolute atomic E-state index is 11.1. The fraction of sp³-hybridized carbons (Fsp3) is 0.562. The van der Waals surface area contributed by atoms with Gasteiger partial charge in [-0.25, -0.2) is 0 Å². The van der Waals surface area contributed by atoms with Gasteiger partial charge in [0.05, 0.1) is 7.11 Å². The third-order valence-corrected chi connectivity index (χ3v) is 3.68. The van der Waals surface area contributed by atoms with Crippen LogP contribution in [-0.4, -0.2) is 18.2 Å². The number of esters is 1. The van der Waals surface area contributed by atoms with E-state index in [0.29, 0.717) is 12.2 Å². The van der Waals surface area contributed by atoms with Gasteiger partial charge in [0.25, 0.3) is 0 Å². The van der Waals surface area contributed by atoms with E-state index in [9.17, 15) is 9.90 Å². The molecule has 0 aromatic heterocycles. The zero-order valence-corrected chi connectivity index (χ0v) is 12.5. The van der Waals surface area contributed by atoms with Crippen molar-refractivity contribution in [2.75, 3.05) is 7.11 Å². The van der Waals surface area contributed by atoms with E-state index in [0.717, 1.165) is 24.0 Å². The summed E-state index contributed by atoms with van der Waals surface area (Å²) < 4.78 is 4.65. The highest BCUT2D eigenvalue weighted by Gasteiger charge is 2.22. The van der Waals surface area contributed by atoms with E-state index in [2.05, 4.69) is 18.6 Å². The first-order valence-electron chi connectivity index (χ1n) is 6.65. The molecule has 1 rings (SSSR count). The van der Waals surface area contributed by atoms with Crippen molar-refractivity contribution in [1.82, 2.24) is 0 Å². The van der Waals surface area contributed by atoms with Gasteiger partial charge >= 0.3 is 5.97 Å². The molecular weight excluding hydrogens is 240 g/mol. The molecule has 0 atom stereocenters. The van der Waals surface area contributed by atoms with Crippen LogP contribution in [0, 0.1) is 13.8 Å². The summed E-state index contributed by atoms with van der Waals surface area (Å²) in [5.74, 6) is 0.211. The summed E-state index contributed by atoms with van der Waals surface area (Å²) in [7, 11) is 1.42. The molecule has 1 aromatic rings. The topological polar surface area (TPSA) is 46.5 Å². The van der Waals surface area contributed by atoms with Crippen LogP contribution in [0.2, 0.25) is 0 Å². The molecule has 1 N–H and O–H groups in total. The average Bonchev–Trinajstić information content (AvgIpc) is 2.34. The Hall–Kier alpha value is -1.51. The lowest BCUT2D eigenvalue weighted by atomic mass is 9.79. The molecule has 0 unspecified atom stereocenters. The highest BCUT2D eigenvalue weighted by atomic mass is 16.5. The standard InChI is InChI=1S/C16H24O3/c1-11-9-13(10-12(2)15(11)18)16(3,4)8-6-7-14(17)19-5/h9-10,18H,6-8H2,1-5H3. The first-order chi connectivity index (χ1) is 8.77. The molecule has 3 nitrogen and oxygen atoms in total. The summed E-state index contributed by atoms with van der Waals surface area (Å²) in [5.41, 5.74) is 2.98. The Morgan fingerprint density at radius 3 is 2.26 bits per heavy atom. The quantitative estimate of drug-likeness (QED) is 0.826. The fourth-order valence-electron chi connectivity index (χ4n) is 2.27. The first-order valence-corrected chi connectivity index (χ1v) is 6.65. The maximum Gasteiger partial charge on any atom is 0.305 e. The van der Waals surface area contributed by atoms with Gasteiger partial charge in [0.2, 0.25) is 0 Å². The number of rotatable bonds is 5. The van der Waals surface area contributed by atoms with Crippen LogP contribution in [-0.2, 0) is 14.9 Å². The molecule has 0 heterocycles. The molecule has 1 aromatic carbocycles. The van der Waals surface area contributed by atoms with Crippen molar-refractivity contribution < 1.29 is 14.6 Å². The molecule has 0 saturated carbocycles. The van der Waals surface area contributed by atoms with E-state index in [4.69, 9.17) is 0 Å². The van der Waals surface area contributed by atoms with E-state index >= 15 is 0 Å². The molecule has 0 spiro atoms. The van der Waals surface area contributed by atoms with Crippen molar-refractivity contribution in [2.24, 2.45) is 0 Å². The lowest BCUT2D eigenvalue weighted by Gasteiger charge is -2.26. The number of ether oxygens (including phenoxy) is 1. The third-order valence-electron chi connectivity index (χ3n) is 3.68. The Morgan fingerprint density at radius 1 is 1.26 bits per heavy atom. The maximum atomic E-state index is 11.1. The molecule has 0 aliphatic carbocycles. The van der Waals surface area contributed by atoms with Gasteiger partial charge in [-0.1, -0.05) is 26.0 Å². The van der Waals surface area contributed by atoms with Gasteiger partial charge in [-0.2, -0.15) is 0 Å². The molecule has 0 saturated heterocycles. The van der Waals surface area contributed by atoms with Gasteiger partial charge in [-0.15, -0.1) is 0 Å². The van der Waals surface area contributed by atoms with Crippen LogP contribution in [0.4, 0.5) is 0 Å². The Morgan fingerprint density at radius 2 is 1.79 bits per heavy atom. The molecule has 0 bridgehead atoms. The molecule has 0 aliphatic heterocycles. The van der Waals surface area contributed by atoms with Crippen LogP contribution >= 0.6 is 0 Å². The number of benzene rings is 1. The monoisotopic (exact) mass is 264 g/mol. The summed E-state index contributed by atoms with van der Waals surface area (Å²) in [5, 5.41) is 9.82. The number of methoxy groups -OCH3 is 1. The minimum atomic E-state index is -0.158. The van der Waals surface area contributed by atoms with Crippen molar-refractivity contribution in [2.45, 2.75) is 52.4 Å². The largest absolute Gasteiger partial charge is 0.507 e. The summed E-state index contributed by atoms with van der Waals surface area (Å²) in [6.45, 7) is 8.15. The molecule has 0 amide bonds. The third kappa shape index (κ3) is 3.98. The van der Waals surface area contributed by atoms with E-state index in [1.807, 2.05) is 26.0 Å².